The smallest absolute Gasteiger partial charge is 0.316 e. The predicted octanol–water partition coefficient (Wildman–Crippen LogP) is 3.97. The fraction of sp³-hybridized carbons (Fsp3) is 0.333. The molecule has 1 fully saturated rings. The van der Waals surface area contributed by atoms with Gasteiger partial charge in [-0.25, -0.2) is 0 Å². The van der Waals surface area contributed by atoms with E-state index in [0.29, 0.717) is 31.1 Å². The van der Waals surface area contributed by atoms with Crippen molar-refractivity contribution in [1.82, 2.24) is 4.90 Å². The molecule has 10 heteroatoms. The van der Waals surface area contributed by atoms with Gasteiger partial charge in [0.25, 0.3) is 11.6 Å². The molecule has 2 aromatic rings. The van der Waals surface area contributed by atoms with Crippen molar-refractivity contribution >= 4 is 50.9 Å². The Labute approximate surface area is 192 Å². The fourth-order valence-corrected chi connectivity index (χ4v) is 4.32. The Balaban J connectivity index is 1.66. The number of nitrogens with zero attached hydrogens (tertiary/aromatic N) is 3. The van der Waals surface area contributed by atoms with Crippen molar-refractivity contribution in [2.24, 2.45) is 0 Å². The average molecular weight is 508 g/mol. The molecular weight excluding hydrogens is 486 g/mol. The lowest BCUT2D eigenvalue weighted by Crippen LogP contribution is -2.48. The molecule has 164 valence electrons. The van der Waals surface area contributed by atoms with Gasteiger partial charge in [-0.05, 0) is 43.3 Å². The van der Waals surface area contributed by atoms with Crippen molar-refractivity contribution in [2.75, 3.05) is 43.4 Å². The number of carbonyl (C=O) groups excluding carboxylic acids is 2. The van der Waals surface area contributed by atoms with Crippen molar-refractivity contribution in [2.45, 2.75) is 11.8 Å². The molecular formula is C21H22BrN3O5S. The van der Waals surface area contributed by atoms with E-state index in [2.05, 4.69) is 20.8 Å². The number of nitro groups is 1. The molecule has 8 nitrogen and oxygen atoms in total. The predicted molar refractivity (Wildman–Crippen MR) is 123 cm³/mol. The van der Waals surface area contributed by atoms with Crippen LogP contribution in [0.1, 0.15) is 17.3 Å². The molecule has 1 aliphatic rings. The molecule has 3 rings (SSSR count). The Morgan fingerprint density at radius 2 is 1.81 bits per heavy atom. The summed E-state index contributed by atoms with van der Waals surface area (Å²) in [4.78, 5) is 39.7. The number of amides is 1. The first-order valence-corrected chi connectivity index (χ1v) is 11.5. The van der Waals surface area contributed by atoms with Gasteiger partial charge in [0.15, 0.2) is 0 Å². The molecule has 0 radical (unpaired) electrons. The molecule has 0 bridgehead atoms. The van der Waals surface area contributed by atoms with E-state index >= 15 is 0 Å². The zero-order chi connectivity index (χ0) is 22.4. The minimum atomic E-state index is -0.532. The molecule has 0 aliphatic carbocycles. The maximum atomic E-state index is 12.9. The van der Waals surface area contributed by atoms with E-state index in [1.165, 1.54) is 12.1 Å². The average Bonchev–Trinajstić information content (AvgIpc) is 2.78. The number of ether oxygens (including phenoxy) is 1. The van der Waals surface area contributed by atoms with Crippen LogP contribution in [0, 0.1) is 10.1 Å². The number of halogens is 1. The maximum absolute atomic E-state index is 12.9. The second kappa shape index (κ2) is 10.6. The van der Waals surface area contributed by atoms with Gasteiger partial charge < -0.3 is 14.5 Å². The highest BCUT2D eigenvalue weighted by atomic mass is 79.9. The first kappa shape index (κ1) is 23.1. The number of hydrogen-bond donors (Lipinski definition) is 0. The first-order valence-electron chi connectivity index (χ1n) is 9.75. The fourth-order valence-electron chi connectivity index (χ4n) is 3.26. The Hall–Kier alpha value is -2.59. The lowest BCUT2D eigenvalue weighted by atomic mass is 10.1. The number of carbonyl (C=O) groups is 2. The van der Waals surface area contributed by atoms with Crippen molar-refractivity contribution in [3.63, 3.8) is 0 Å². The number of piperazine rings is 1. The van der Waals surface area contributed by atoms with Crippen LogP contribution >= 0.6 is 27.7 Å². The molecule has 0 atom stereocenters. The number of nitro benzene ring substituents is 1. The highest BCUT2D eigenvalue weighted by Gasteiger charge is 2.25. The zero-order valence-electron chi connectivity index (χ0n) is 17.0. The molecule has 31 heavy (non-hydrogen) atoms. The van der Waals surface area contributed by atoms with Crippen molar-refractivity contribution in [3.8, 4) is 0 Å². The Morgan fingerprint density at radius 3 is 2.42 bits per heavy atom. The van der Waals surface area contributed by atoms with Crippen LogP contribution in [-0.2, 0) is 9.53 Å². The van der Waals surface area contributed by atoms with Crippen molar-refractivity contribution < 1.29 is 19.2 Å². The van der Waals surface area contributed by atoms with Gasteiger partial charge in [0.05, 0.1) is 22.2 Å². The summed E-state index contributed by atoms with van der Waals surface area (Å²) < 4.78 is 5.86. The molecule has 1 heterocycles. The van der Waals surface area contributed by atoms with Crippen LogP contribution in [-0.4, -0.2) is 60.2 Å². The third-order valence-electron chi connectivity index (χ3n) is 4.81. The molecule has 0 N–H and O–H groups in total. The van der Waals surface area contributed by atoms with Gasteiger partial charge in [-0.1, -0.05) is 15.9 Å². The van der Waals surface area contributed by atoms with E-state index in [0.717, 1.165) is 21.9 Å². The van der Waals surface area contributed by atoms with E-state index in [1.54, 1.807) is 17.9 Å². The SMILES string of the molecule is CCOC(=O)CSc1ccc(C(=O)N2CCN(c3ccc(Br)cc3)CC2)cc1[N+](=O)[O-]. The molecule has 0 unspecified atom stereocenters. The summed E-state index contributed by atoms with van der Waals surface area (Å²) >= 11 is 4.45. The lowest BCUT2D eigenvalue weighted by molar-refractivity contribution is -0.387. The molecule has 0 aromatic heterocycles. The van der Waals surface area contributed by atoms with Crippen LogP contribution in [0.15, 0.2) is 51.8 Å². The largest absolute Gasteiger partial charge is 0.465 e. The minimum Gasteiger partial charge on any atom is -0.465 e. The summed E-state index contributed by atoms with van der Waals surface area (Å²) in [7, 11) is 0. The quantitative estimate of drug-likeness (QED) is 0.242. The summed E-state index contributed by atoms with van der Waals surface area (Å²) in [5.41, 5.74) is 1.17. The molecule has 2 aromatic carbocycles. The number of esters is 1. The highest BCUT2D eigenvalue weighted by Crippen LogP contribution is 2.31. The van der Waals surface area contributed by atoms with Gasteiger partial charge in [-0.15, -0.1) is 11.8 Å². The molecule has 0 saturated carbocycles. The van der Waals surface area contributed by atoms with Gasteiger partial charge in [-0.3, -0.25) is 19.7 Å². The summed E-state index contributed by atoms with van der Waals surface area (Å²) in [6.45, 7) is 4.38. The van der Waals surface area contributed by atoms with Crippen LogP contribution in [0.4, 0.5) is 11.4 Å². The number of anilines is 1. The summed E-state index contributed by atoms with van der Waals surface area (Å²) in [6.07, 6.45) is 0. The minimum absolute atomic E-state index is 0.0278. The van der Waals surface area contributed by atoms with E-state index < -0.39 is 10.9 Å². The maximum Gasteiger partial charge on any atom is 0.316 e. The van der Waals surface area contributed by atoms with E-state index in [9.17, 15) is 19.7 Å². The van der Waals surface area contributed by atoms with Gasteiger partial charge in [0, 0.05) is 48.0 Å². The second-order valence-corrected chi connectivity index (χ2v) is 8.72. The van der Waals surface area contributed by atoms with Gasteiger partial charge in [0.2, 0.25) is 0 Å². The van der Waals surface area contributed by atoms with Crippen LogP contribution in [0.3, 0.4) is 0 Å². The number of thioether (sulfide) groups is 1. The van der Waals surface area contributed by atoms with Crippen molar-refractivity contribution in [1.29, 1.82) is 0 Å². The number of hydrogen-bond acceptors (Lipinski definition) is 7. The van der Waals surface area contributed by atoms with Crippen LogP contribution in [0.2, 0.25) is 0 Å². The number of rotatable bonds is 7. The van der Waals surface area contributed by atoms with Gasteiger partial charge in [-0.2, -0.15) is 0 Å². The van der Waals surface area contributed by atoms with Crippen molar-refractivity contribution in [3.05, 3.63) is 62.6 Å². The Kier molecular flexibility index (Phi) is 7.91. The molecule has 1 saturated heterocycles. The monoisotopic (exact) mass is 507 g/mol. The van der Waals surface area contributed by atoms with Gasteiger partial charge in [0.1, 0.15) is 0 Å². The molecule has 1 aliphatic heterocycles. The van der Waals surface area contributed by atoms with E-state index in [-0.39, 0.29) is 29.5 Å². The third-order valence-corrected chi connectivity index (χ3v) is 6.38. The lowest BCUT2D eigenvalue weighted by Gasteiger charge is -2.36. The third kappa shape index (κ3) is 5.98. The zero-order valence-corrected chi connectivity index (χ0v) is 19.4. The Morgan fingerprint density at radius 1 is 1.13 bits per heavy atom. The van der Waals surface area contributed by atoms with E-state index in [1.807, 2.05) is 24.3 Å². The first-order chi connectivity index (χ1) is 14.9. The highest BCUT2D eigenvalue weighted by molar-refractivity contribution is 9.10. The molecule has 1 amide bonds. The van der Waals surface area contributed by atoms with Gasteiger partial charge >= 0.3 is 5.97 Å². The normalized spacial score (nSPS) is 13.7. The number of benzene rings is 2. The summed E-state index contributed by atoms with van der Waals surface area (Å²) in [6, 6.07) is 12.4. The van der Waals surface area contributed by atoms with Crippen LogP contribution in [0.5, 0.6) is 0 Å². The van der Waals surface area contributed by atoms with E-state index in [4.69, 9.17) is 4.74 Å². The summed E-state index contributed by atoms with van der Waals surface area (Å²) in [5.74, 6) is -0.703. The van der Waals surface area contributed by atoms with Crippen LogP contribution in [0.25, 0.3) is 0 Å². The van der Waals surface area contributed by atoms with Crippen LogP contribution < -0.4 is 4.90 Å². The second-order valence-electron chi connectivity index (χ2n) is 6.79. The standard InChI is InChI=1S/C21H22BrN3O5S/c1-2-30-20(26)14-31-19-8-3-15(13-18(19)25(28)29)21(27)24-11-9-23(10-12-24)17-6-4-16(22)5-7-17/h3-8,13H,2,9-12,14H2,1H3. The summed E-state index contributed by atoms with van der Waals surface area (Å²) in [5, 5.41) is 11.5. The topological polar surface area (TPSA) is 93.0 Å². The Bertz CT molecular complexity index is 962. The molecule has 0 spiro atoms.